The normalized spacial score (nSPS) is 20.4. The van der Waals surface area contributed by atoms with Crippen molar-refractivity contribution >= 4 is 0 Å². The Morgan fingerprint density at radius 1 is 1.33 bits per heavy atom. The molecule has 0 aliphatic heterocycles. The van der Waals surface area contributed by atoms with Gasteiger partial charge < -0.3 is 0 Å². The van der Waals surface area contributed by atoms with Crippen molar-refractivity contribution in [3.63, 3.8) is 0 Å². The quantitative estimate of drug-likeness (QED) is 0.535. The fourth-order valence-electron chi connectivity index (χ4n) is 1.53. The minimum Gasteiger partial charge on any atom is -0.151 e. The van der Waals surface area contributed by atoms with Crippen molar-refractivity contribution in [2.24, 2.45) is 11.1 Å². The van der Waals surface area contributed by atoms with Crippen LogP contribution >= 0.6 is 0 Å². The van der Waals surface area contributed by atoms with Crippen molar-refractivity contribution in [1.29, 1.82) is 0 Å². The lowest BCUT2D eigenvalue weighted by Gasteiger charge is -2.02. The van der Waals surface area contributed by atoms with E-state index in [1.54, 1.807) is 0 Å². The van der Waals surface area contributed by atoms with E-state index in [1.807, 2.05) is 0 Å². The van der Waals surface area contributed by atoms with E-state index in [0.717, 1.165) is 12.3 Å². The predicted octanol–water partition coefficient (Wildman–Crippen LogP) is 2.33. The lowest BCUT2D eigenvalue weighted by Crippen LogP contribution is -1.94. The largest absolute Gasteiger partial charge is 0.151 e. The number of rotatable bonds is 3. The molecule has 2 nitrogen and oxygen atoms in total. The Balaban J connectivity index is 2.04. The number of hydrogen-bond acceptors (Lipinski definition) is 2. The van der Waals surface area contributed by atoms with Gasteiger partial charge >= 0.3 is 0 Å². The van der Waals surface area contributed by atoms with Gasteiger partial charge in [0.05, 0.1) is 6.54 Å². The topological polar surface area (TPSA) is 29.4 Å². The van der Waals surface area contributed by atoms with Gasteiger partial charge in [0, 0.05) is 0 Å². The van der Waals surface area contributed by atoms with Gasteiger partial charge in [0.15, 0.2) is 0 Å². The van der Waals surface area contributed by atoms with Crippen LogP contribution in [0, 0.1) is 10.8 Å². The average Bonchev–Trinajstić information content (AvgIpc) is 2.34. The molecular weight excluding hydrogens is 114 g/mol. The molecule has 0 spiro atoms. The van der Waals surface area contributed by atoms with E-state index in [2.05, 4.69) is 5.18 Å². The molecule has 9 heavy (non-hydrogen) atoms. The van der Waals surface area contributed by atoms with Crippen LogP contribution in [0.3, 0.4) is 0 Å². The molecule has 0 amide bonds. The maximum absolute atomic E-state index is 9.71. The van der Waals surface area contributed by atoms with E-state index in [-0.39, 0.29) is 0 Å². The van der Waals surface area contributed by atoms with Crippen LogP contribution in [-0.2, 0) is 0 Å². The molecule has 0 aromatic carbocycles. The maximum Gasteiger partial charge on any atom is 0.0813 e. The third kappa shape index (κ3) is 2.12. The highest BCUT2D eigenvalue weighted by atomic mass is 16.3. The first kappa shape index (κ1) is 6.72. The summed E-state index contributed by atoms with van der Waals surface area (Å²) in [4.78, 5) is 9.71. The summed E-state index contributed by atoms with van der Waals surface area (Å²) in [7, 11) is 0. The maximum atomic E-state index is 9.71. The highest BCUT2D eigenvalue weighted by Crippen LogP contribution is 2.27. The second-order valence-electron chi connectivity index (χ2n) is 2.79. The van der Waals surface area contributed by atoms with Gasteiger partial charge in [0.2, 0.25) is 0 Å². The molecule has 0 aromatic heterocycles. The van der Waals surface area contributed by atoms with Crippen molar-refractivity contribution in [1.82, 2.24) is 0 Å². The molecule has 52 valence electrons. The van der Waals surface area contributed by atoms with Gasteiger partial charge in [-0.3, -0.25) is 0 Å². The Bertz CT molecular complexity index is 86.9. The first-order valence-electron chi connectivity index (χ1n) is 3.72. The fourth-order valence-corrected chi connectivity index (χ4v) is 1.53. The third-order valence-electron chi connectivity index (χ3n) is 2.10. The second-order valence-corrected chi connectivity index (χ2v) is 2.79. The summed E-state index contributed by atoms with van der Waals surface area (Å²) >= 11 is 0. The molecule has 1 fully saturated rings. The second kappa shape index (κ2) is 3.59. The lowest BCUT2D eigenvalue weighted by atomic mass is 10.1. The fraction of sp³-hybridized carbons (Fsp3) is 1.00. The van der Waals surface area contributed by atoms with Gasteiger partial charge in [0.1, 0.15) is 0 Å². The molecule has 1 rings (SSSR count). The van der Waals surface area contributed by atoms with Gasteiger partial charge in [0.25, 0.3) is 0 Å². The van der Waals surface area contributed by atoms with Gasteiger partial charge in [-0.05, 0) is 12.3 Å². The average molecular weight is 127 g/mol. The first-order chi connectivity index (χ1) is 4.43. The van der Waals surface area contributed by atoms with Gasteiger partial charge in [-0.25, -0.2) is 0 Å². The van der Waals surface area contributed by atoms with Crippen molar-refractivity contribution < 1.29 is 0 Å². The van der Waals surface area contributed by atoms with Crippen LogP contribution in [0.2, 0.25) is 0 Å². The molecule has 0 heterocycles. The summed E-state index contributed by atoms with van der Waals surface area (Å²) in [6.45, 7) is 0.532. The van der Waals surface area contributed by atoms with E-state index >= 15 is 0 Å². The smallest absolute Gasteiger partial charge is 0.0813 e. The van der Waals surface area contributed by atoms with Crippen LogP contribution in [-0.4, -0.2) is 6.54 Å². The zero-order valence-corrected chi connectivity index (χ0v) is 5.68. The van der Waals surface area contributed by atoms with Crippen LogP contribution in [0.4, 0.5) is 0 Å². The van der Waals surface area contributed by atoms with Crippen LogP contribution in [0.5, 0.6) is 0 Å². The zero-order chi connectivity index (χ0) is 6.53. The van der Waals surface area contributed by atoms with E-state index in [0.29, 0.717) is 6.54 Å². The summed E-state index contributed by atoms with van der Waals surface area (Å²) < 4.78 is 0. The number of nitroso groups, excluding NO2 is 1. The molecule has 0 aromatic rings. The summed E-state index contributed by atoms with van der Waals surface area (Å²) in [5.74, 6) is 0.822. The van der Waals surface area contributed by atoms with Gasteiger partial charge in [-0.2, -0.15) is 4.91 Å². The molecule has 2 heteroatoms. The Hall–Kier alpha value is -0.400. The number of hydrogen-bond donors (Lipinski definition) is 0. The molecule has 0 saturated heterocycles. The Labute approximate surface area is 55.6 Å². The monoisotopic (exact) mass is 127 g/mol. The van der Waals surface area contributed by atoms with Crippen LogP contribution in [0.25, 0.3) is 0 Å². The molecule has 0 radical (unpaired) electrons. The van der Waals surface area contributed by atoms with E-state index < -0.39 is 0 Å². The summed E-state index contributed by atoms with van der Waals surface area (Å²) in [5, 5.41) is 2.85. The summed E-state index contributed by atoms with van der Waals surface area (Å²) in [5.41, 5.74) is 0. The van der Waals surface area contributed by atoms with Gasteiger partial charge in [-0.1, -0.05) is 30.9 Å². The molecule has 0 bridgehead atoms. The van der Waals surface area contributed by atoms with E-state index in [9.17, 15) is 4.91 Å². The van der Waals surface area contributed by atoms with Crippen LogP contribution in [0.15, 0.2) is 5.18 Å². The predicted molar refractivity (Wildman–Crippen MR) is 37.2 cm³/mol. The molecule has 0 N–H and O–H groups in total. The van der Waals surface area contributed by atoms with E-state index in [1.165, 1.54) is 25.7 Å². The van der Waals surface area contributed by atoms with Gasteiger partial charge in [-0.15, -0.1) is 0 Å². The first-order valence-corrected chi connectivity index (χ1v) is 3.72. The van der Waals surface area contributed by atoms with Crippen molar-refractivity contribution in [2.45, 2.75) is 32.1 Å². The molecule has 0 unspecified atom stereocenters. The minimum absolute atomic E-state index is 0.532. The molecule has 1 aliphatic rings. The highest BCUT2D eigenvalue weighted by molar-refractivity contribution is 4.67. The van der Waals surface area contributed by atoms with E-state index in [4.69, 9.17) is 0 Å². The molecule has 1 aliphatic carbocycles. The Morgan fingerprint density at radius 3 is 2.56 bits per heavy atom. The molecule has 1 saturated carbocycles. The van der Waals surface area contributed by atoms with Crippen molar-refractivity contribution in [2.75, 3.05) is 6.54 Å². The summed E-state index contributed by atoms with van der Waals surface area (Å²) in [6.07, 6.45) is 6.42. The number of nitrogens with zero attached hydrogens (tertiary/aromatic N) is 1. The summed E-state index contributed by atoms with van der Waals surface area (Å²) in [6, 6.07) is 0. The Kier molecular flexibility index (Phi) is 2.68. The van der Waals surface area contributed by atoms with Crippen molar-refractivity contribution in [3.05, 3.63) is 4.91 Å². The third-order valence-corrected chi connectivity index (χ3v) is 2.10. The standard InChI is InChI=1S/C7H13NO/c9-8-6-5-7-3-1-2-4-7/h7H,1-6H2. The van der Waals surface area contributed by atoms with Crippen LogP contribution < -0.4 is 0 Å². The zero-order valence-electron chi connectivity index (χ0n) is 5.68. The molecular formula is C7H13NO. The Morgan fingerprint density at radius 2 is 2.00 bits per heavy atom. The minimum atomic E-state index is 0.532. The SMILES string of the molecule is O=NCCC1CCCC1. The lowest BCUT2D eigenvalue weighted by molar-refractivity contribution is 0.511. The molecule has 0 atom stereocenters. The van der Waals surface area contributed by atoms with Crippen LogP contribution in [0.1, 0.15) is 32.1 Å². The highest BCUT2D eigenvalue weighted by Gasteiger charge is 2.13. The van der Waals surface area contributed by atoms with Crippen molar-refractivity contribution in [3.8, 4) is 0 Å².